The Morgan fingerprint density at radius 2 is 2.12 bits per heavy atom. The first-order valence-corrected chi connectivity index (χ1v) is 6.81. The van der Waals surface area contributed by atoms with Crippen LogP contribution in [0.4, 0.5) is 0 Å². The molecule has 0 radical (unpaired) electrons. The SMILES string of the molecule is Cc1cc(C(O)CC2CCOCC2)c(C)s1. The second-order valence-corrected chi connectivity index (χ2v) is 6.14. The van der Waals surface area contributed by atoms with E-state index in [4.69, 9.17) is 4.74 Å². The van der Waals surface area contributed by atoms with Gasteiger partial charge in [0.1, 0.15) is 0 Å². The summed E-state index contributed by atoms with van der Waals surface area (Å²) in [4.78, 5) is 2.55. The van der Waals surface area contributed by atoms with E-state index in [-0.39, 0.29) is 6.10 Å². The Hall–Kier alpha value is -0.380. The summed E-state index contributed by atoms with van der Waals surface area (Å²) in [6.45, 7) is 5.92. The molecule has 1 aromatic rings. The highest BCUT2D eigenvalue weighted by molar-refractivity contribution is 7.12. The van der Waals surface area contributed by atoms with Gasteiger partial charge in [0, 0.05) is 23.0 Å². The average Bonchev–Trinajstić information content (AvgIpc) is 2.59. The number of thiophene rings is 1. The van der Waals surface area contributed by atoms with Crippen LogP contribution in [0.3, 0.4) is 0 Å². The van der Waals surface area contributed by atoms with Crippen LogP contribution in [0.5, 0.6) is 0 Å². The third-order valence-corrected chi connectivity index (χ3v) is 4.32. The molecule has 1 N–H and O–H groups in total. The highest BCUT2D eigenvalue weighted by atomic mass is 32.1. The summed E-state index contributed by atoms with van der Waals surface area (Å²) >= 11 is 1.77. The molecule has 2 heterocycles. The lowest BCUT2D eigenvalue weighted by molar-refractivity contribution is 0.0435. The van der Waals surface area contributed by atoms with Crippen LogP contribution in [0, 0.1) is 19.8 Å². The van der Waals surface area contributed by atoms with Crippen LogP contribution in [0.1, 0.15) is 40.7 Å². The van der Waals surface area contributed by atoms with Crippen LogP contribution >= 0.6 is 11.3 Å². The molecule has 0 spiro atoms. The molecule has 0 amide bonds. The van der Waals surface area contributed by atoms with Crippen molar-refractivity contribution in [3.05, 3.63) is 21.4 Å². The molecule has 0 bridgehead atoms. The molecule has 0 aromatic carbocycles. The van der Waals surface area contributed by atoms with Crippen LogP contribution in [-0.2, 0) is 4.74 Å². The van der Waals surface area contributed by atoms with Crippen molar-refractivity contribution in [2.75, 3.05) is 13.2 Å². The minimum absolute atomic E-state index is 0.284. The molecule has 1 fully saturated rings. The van der Waals surface area contributed by atoms with Crippen molar-refractivity contribution >= 4 is 11.3 Å². The number of aliphatic hydroxyl groups excluding tert-OH is 1. The largest absolute Gasteiger partial charge is 0.388 e. The number of rotatable bonds is 3. The van der Waals surface area contributed by atoms with E-state index in [9.17, 15) is 5.11 Å². The molecule has 1 atom stereocenters. The second-order valence-electron chi connectivity index (χ2n) is 4.68. The van der Waals surface area contributed by atoms with Crippen molar-refractivity contribution in [1.82, 2.24) is 0 Å². The molecular formula is C13H20O2S. The quantitative estimate of drug-likeness (QED) is 0.879. The lowest BCUT2D eigenvalue weighted by Crippen LogP contribution is -2.18. The Labute approximate surface area is 101 Å². The van der Waals surface area contributed by atoms with Crippen LogP contribution in [-0.4, -0.2) is 18.3 Å². The van der Waals surface area contributed by atoms with E-state index in [0.717, 1.165) is 38.0 Å². The van der Waals surface area contributed by atoms with Crippen molar-refractivity contribution < 1.29 is 9.84 Å². The third-order valence-electron chi connectivity index (χ3n) is 3.34. The first-order chi connectivity index (χ1) is 7.66. The standard InChI is InChI=1S/C13H20O2S/c1-9-7-12(10(2)16-9)13(14)8-11-3-5-15-6-4-11/h7,11,13-14H,3-6,8H2,1-2H3. The van der Waals surface area contributed by atoms with Gasteiger partial charge in [-0.1, -0.05) is 0 Å². The van der Waals surface area contributed by atoms with Gasteiger partial charge in [-0.3, -0.25) is 0 Å². The molecule has 1 aliphatic rings. The van der Waals surface area contributed by atoms with Gasteiger partial charge in [-0.05, 0) is 50.7 Å². The van der Waals surface area contributed by atoms with Crippen LogP contribution < -0.4 is 0 Å². The van der Waals surface area contributed by atoms with Crippen molar-refractivity contribution in [2.45, 2.75) is 39.2 Å². The summed E-state index contributed by atoms with van der Waals surface area (Å²) in [5.41, 5.74) is 1.13. The predicted molar refractivity (Wildman–Crippen MR) is 66.9 cm³/mol. The van der Waals surface area contributed by atoms with Gasteiger partial charge >= 0.3 is 0 Å². The molecule has 90 valence electrons. The van der Waals surface area contributed by atoms with Crippen molar-refractivity contribution in [1.29, 1.82) is 0 Å². The molecule has 1 saturated heterocycles. The molecule has 1 aliphatic heterocycles. The molecule has 1 aromatic heterocycles. The maximum absolute atomic E-state index is 10.2. The molecule has 1 unspecified atom stereocenters. The van der Waals surface area contributed by atoms with Gasteiger partial charge in [0.15, 0.2) is 0 Å². The van der Waals surface area contributed by atoms with E-state index < -0.39 is 0 Å². The van der Waals surface area contributed by atoms with Crippen molar-refractivity contribution in [3.8, 4) is 0 Å². The summed E-state index contributed by atoms with van der Waals surface area (Å²) in [5, 5.41) is 10.2. The molecule has 0 saturated carbocycles. The predicted octanol–water partition coefficient (Wildman–Crippen LogP) is 3.22. The maximum Gasteiger partial charge on any atom is 0.0803 e. The lowest BCUT2D eigenvalue weighted by atomic mass is 9.91. The van der Waals surface area contributed by atoms with Gasteiger partial charge in [-0.15, -0.1) is 11.3 Å². The van der Waals surface area contributed by atoms with E-state index in [1.165, 1.54) is 9.75 Å². The highest BCUT2D eigenvalue weighted by Crippen LogP contribution is 2.32. The molecule has 16 heavy (non-hydrogen) atoms. The summed E-state index contributed by atoms with van der Waals surface area (Å²) in [7, 11) is 0. The van der Waals surface area contributed by atoms with Crippen LogP contribution in [0.15, 0.2) is 6.07 Å². The number of aliphatic hydroxyl groups is 1. The molecule has 0 aliphatic carbocycles. The Bertz CT molecular complexity index is 340. The normalized spacial score (nSPS) is 19.9. The fourth-order valence-electron chi connectivity index (χ4n) is 2.41. The number of hydrogen-bond donors (Lipinski definition) is 1. The van der Waals surface area contributed by atoms with E-state index >= 15 is 0 Å². The van der Waals surface area contributed by atoms with E-state index in [1.54, 1.807) is 11.3 Å². The van der Waals surface area contributed by atoms with Gasteiger partial charge in [-0.25, -0.2) is 0 Å². The Morgan fingerprint density at radius 1 is 1.44 bits per heavy atom. The fourth-order valence-corrected chi connectivity index (χ4v) is 3.39. The first kappa shape index (κ1) is 12.1. The Kier molecular flexibility index (Phi) is 4.00. The number of ether oxygens (including phenoxy) is 1. The fraction of sp³-hybridized carbons (Fsp3) is 0.692. The van der Waals surface area contributed by atoms with E-state index in [1.807, 2.05) is 0 Å². The zero-order valence-corrected chi connectivity index (χ0v) is 10.8. The smallest absolute Gasteiger partial charge is 0.0803 e. The molecular weight excluding hydrogens is 220 g/mol. The summed E-state index contributed by atoms with van der Waals surface area (Å²) in [6.07, 6.45) is 2.80. The van der Waals surface area contributed by atoms with Crippen molar-refractivity contribution in [3.63, 3.8) is 0 Å². The number of aryl methyl sites for hydroxylation is 2. The lowest BCUT2D eigenvalue weighted by Gasteiger charge is -2.24. The Morgan fingerprint density at radius 3 is 2.69 bits per heavy atom. The van der Waals surface area contributed by atoms with Gasteiger partial charge in [0.25, 0.3) is 0 Å². The minimum Gasteiger partial charge on any atom is -0.388 e. The Balaban J connectivity index is 1.96. The summed E-state index contributed by atoms with van der Waals surface area (Å²) < 4.78 is 5.34. The van der Waals surface area contributed by atoms with Gasteiger partial charge < -0.3 is 9.84 Å². The maximum atomic E-state index is 10.2. The zero-order valence-electron chi connectivity index (χ0n) is 10.0. The highest BCUT2D eigenvalue weighted by Gasteiger charge is 2.20. The zero-order chi connectivity index (χ0) is 11.5. The average molecular weight is 240 g/mol. The van der Waals surface area contributed by atoms with Crippen LogP contribution in [0.2, 0.25) is 0 Å². The monoisotopic (exact) mass is 240 g/mol. The molecule has 2 rings (SSSR count). The first-order valence-electron chi connectivity index (χ1n) is 5.99. The van der Waals surface area contributed by atoms with Crippen molar-refractivity contribution in [2.24, 2.45) is 5.92 Å². The van der Waals surface area contributed by atoms with Gasteiger partial charge in [0.2, 0.25) is 0 Å². The van der Waals surface area contributed by atoms with Crippen LogP contribution in [0.25, 0.3) is 0 Å². The third kappa shape index (κ3) is 2.84. The molecule has 2 nitrogen and oxygen atoms in total. The van der Waals surface area contributed by atoms with E-state index in [2.05, 4.69) is 19.9 Å². The summed E-state index contributed by atoms with van der Waals surface area (Å²) in [6, 6.07) is 2.13. The number of hydrogen-bond acceptors (Lipinski definition) is 3. The van der Waals surface area contributed by atoms with E-state index in [0.29, 0.717) is 5.92 Å². The molecule has 3 heteroatoms. The van der Waals surface area contributed by atoms with Gasteiger partial charge in [-0.2, -0.15) is 0 Å². The van der Waals surface area contributed by atoms with Gasteiger partial charge in [0.05, 0.1) is 6.10 Å². The minimum atomic E-state index is -0.284. The summed E-state index contributed by atoms with van der Waals surface area (Å²) in [5.74, 6) is 0.628. The topological polar surface area (TPSA) is 29.5 Å². The second kappa shape index (κ2) is 5.30.